The van der Waals surface area contributed by atoms with Gasteiger partial charge in [0.1, 0.15) is 16.9 Å². The summed E-state index contributed by atoms with van der Waals surface area (Å²) in [6.07, 6.45) is 2.94. The molecule has 1 amide bonds. The first-order valence-corrected chi connectivity index (χ1v) is 7.98. The van der Waals surface area contributed by atoms with E-state index in [-0.39, 0.29) is 11.7 Å². The molecular weight excluding hydrogens is 326 g/mol. The highest BCUT2D eigenvalue weighted by atomic mass is 32.1. The van der Waals surface area contributed by atoms with E-state index in [0.29, 0.717) is 17.3 Å². The SMILES string of the molecule is O=C(Nc1ccc(Oc2ncnc3sccc23)cc1)c1ccco1. The number of nitrogens with zero attached hydrogens (tertiary/aromatic N) is 2. The molecule has 0 aliphatic carbocycles. The predicted octanol–water partition coefficient (Wildman–Crippen LogP) is 4.33. The second-order valence-corrected chi connectivity index (χ2v) is 5.77. The van der Waals surface area contributed by atoms with Crippen molar-refractivity contribution in [3.63, 3.8) is 0 Å². The molecule has 4 aromatic rings. The van der Waals surface area contributed by atoms with Crippen molar-refractivity contribution in [3.05, 3.63) is 66.2 Å². The molecule has 1 aromatic carbocycles. The Labute approximate surface area is 140 Å². The van der Waals surface area contributed by atoms with Crippen LogP contribution in [0.4, 0.5) is 5.69 Å². The number of carbonyl (C=O) groups excluding carboxylic acids is 1. The molecular formula is C17H11N3O3S. The summed E-state index contributed by atoms with van der Waals surface area (Å²) in [5, 5.41) is 5.57. The average molecular weight is 337 g/mol. The first-order valence-electron chi connectivity index (χ1n) is 7.10. The van der Waals surface area contributed by atoms with E-state index in [1.807, 2.05) is 11.4 Å². The largest absolute Gasteiger partial charge is 0.459 e. The molecule has 3 aromatic heterocycles. The third kappa shape index (κ3) is 2.84. The van der Waals surface area contributed by atoms with Crippen LogP contribution in [-0.2, 0) is 0 Å². The van der Waals surface area contributed by atoms with Crippen LogP contribution in [0.3, 0.4) is 0 Å². The fraction of sp³-hybridized carbons (Fsp3) is 0. The smallest absolute Gasteiger partial charge is 0.291 e. The van der Waals surface area contributed by atoms with Crippen molar-refractivity contribution in [2.75, 3.05) is 5.32 Å². The number of carbonyl (C=O) groups is 1. The molecule has 0 saturated carbocycles. The monoisotopic (exact) mass is 337 g/mol. The topological polar surface area (TPSA) is 77.2 Å². The molecule has 4 rings (SSSR count). The van der Waals surface area contributed by atoms with E-state index in [9.17, 15) is 4.79 Å². The molecule has 7 heteroatoms. The molecule has 0 unspecified atom stereocenters. The summed E-state index contributed by atoms with van der Waals surface area (Å²) in [5.41, 5.74) is 0.645. The van der Waals surface area contributed by atoms with Crippen LogP contribution in [0, 0.1) is 0 Å². The number of amides is 1. The molecule has 0 aliphatic rings. The lowest BCUT2D eigenvalue weighted by Gasteiger charge is -2.07. The van der Waals surface area contributed by atoms with Gasteiger partial charge < -0.3 is 14.5 Å². The highest BCUT2D eigenvalue weighted by Crippen LogP contribution is 2.29. The van der Waals surface area contributed by atoms with Crippen LogP contribution in [0.15, 0.2) is 64.9 Å². The Balaban J connectivity index is 1.50. The predicted molar refractivity (Wildman–Crippen MR) is 90.6 cm³/mol. The Morgan fingerprint density at radius 3 is 2.79 bits per heavy atom. The van der Waals surface area contributed by atoms with Gasteiger partial charge in [-0.2, -0.15) is 0 Å². The summed E-state index contributed by atoms with van der Waals surface area (Å²) in [6.45, 7) is 0. The second-order valence-electron chi connectivity index (χ2n) is 4.88. The molecule has 24 heavy (non-hydrogen) atoms. The maximum atomic E-state index is 11.9. The van der Waals surface area contributed by atoms with Crippen molar-refractivity contribution < 1.29 is 13.9 Å². The number of fused-ring (bicyclic) bond motifs is 1. The van der Waals surface area contributed by atoms with E-state index in [0.717, 1.165) is 10.2 Å². The Morgan fingerprint density at radius 1 is 1.12 bits per heavy atom. The molecule has 0 aliphatic heterocycles. The maximum absolute atomic E-state index is 11.9. The molecule has 0 radical (unpaired) electrons. The van der Waals surface area contributed by atoms with Gasteiger partial charge in [0.15, 0.2) is 5.76 Å². The lowest BCUT2D eigenvalue weighted by molar-refractivity contribution is 0.0996. The average Bonchev–Trinajstić information content (AvgIpc) is 3.28. The molecule has 1 N–H and O–H groups in total. The van der Waals surface area contributed by atoms with Crippen LogP contribution >= 0.6 is 11.3 Å². The zero-order valence-electron chi connectivity index (χ0n) is 12.3. The molecule has 0 saturated heterocycles. The van der Waals surface area contributed by atoms with Gasteiger partial charge in [0.25, 0.3) is 5.91 Å². The second kappa shape index (κ2) is 6.13. The minimum atomic E-state index is -0.301. The standard InChI is InChI=1S/C17H11N3O3S/c21-15(14-2-1-8-22-14)20-11-3-5-12(6-4-11)23-16-13-7-9-24-17(13)19-10-18-16/h1-10H,(H,20,21). The molecule has 0 atom stereocenters. The molecule has 0 fully saturated rings. The van der Waals surface area contributed by atoms with E-state index >= 15 is 0 Å². The summed E-state index contributed by atoms with van der Waals surface area (Å²) in [4.78, 5) is 21.1. The van der Waals surface area contributed by atoms with Crippen molar-refractivity contribution in [2.24, 2.45) is 0 Å². The van der Waals surface area contributed by atoms with Crippen LogP contribution in [0.25, 0.3) is 10.2 Å². The lowest BCUT2D eigenvalue weighted by atomic mass is 10.3. The van der Waals surface area contributed by atoms with Crippen LogP contribution in [0.5, 0.6) is 11.6 Å². The molecule has 0 bridgehead atoms. The number of thiophene rings is 1. The zero-order valence-corrected chi connectivity index (χ0v) is 13.1. The van der Waals surface area contributed by atoms with Gasteiger partial charge in [-0.1, -0.05) is 0 Å². The van der Waals surface area contributed by atoms with E-state index in [1.165, 1.54) is 23.9 Å². The van der Waals surface area contributed by atoms with Crippen molar-refractivity contribution in [2.45, 2.75) is 0 Å². The van der Waals surface area contributed by atoms with Gasteiger partial charge in [-0.25, -0.2) is 9.97 Å². The number of anilines is 1. The summed E-state index contributed by atoms with van der Waals surface area (Å²) < 4.78 is 10.9. The van der Waals surface area contributed by atoms with Gasteiger partial charge in [-0.15, -0.1) is 11.3 Å². The number of benzene rings is 1. The number of rotatable bonds is 4. The van der Waals surface area contributed by atoms with Gasteiger partial charge in [-0.05, 0) is 47.8 Å². The molecule has 3 heterocycles. The van der Waals surface area contributed by atoms with Gasteiger partial charge in [0.05, 0.1) is 11.6 Å². The fourth-order valence-corrected chi connectivity index (χ4v) is 2.89. The third-order valence-corrected chi connectivity index (χ3v) is 4.12. The highest BCUT2D eigenvalue weighted by Gasteiger charge is 2.10. The fourth-order valence-electron chi connectivity index (χ4n) is 2.17. The van der Waals surface area contributed by atoms with Crippen molar-refractivity contribution in [3.8, 4) is 11.6 Å². The van der Waals surface area contributed by atoms with Gasteiger partial charge in [0.2, 0.25) is 5.88 Å². The van der Waals surface area contributed by atoms with Crippen molar-refractivity contribution >= 4 is 33.1 Å². The van der Waals surface area contributed by atoms with Gasteiger partial charge in [0, 0.05) is 5.69 Å². The number of nitrogens with one attached hydrogen (secondary N) is 1. The number of hydrogen-bond acceptors (Lipinski definition) is 6. The normalized spacial score (nSPS) is 10.7. The Kier molecular flexibility index (Phi) is 3.68. The number of aromatic nitrogens is 2. The van der Waals surface area contributed by atoms with E-state index in [2.05, 4.69) is 15.3 Å². The summed E-state index contributed by atoms with van der Waals surface area (Å²) >= 11 is 1.53. The summed E-state index contributed by atoms with van der Waals surface area (Å²) in [6, 6.07) is 12.2. The van der Waals surface area contributed by atoms with Crippen LogP contribution in [-0.4, -0.2) is 15.9 Å². The molecule has 118 valence electrons. The summed E-state index contributed by atoms with van der Waals surface area (Å²) in [5.74, 6) is 1.09. The number of ether oxygens (including phenoxy) is 1. The van der Waals surface area contributed by atoms with E-state index in [4.69, 9.17) is 9.15 Å². The van der Waals surface area contributed by atoms with Crippen molar-refractivity contribution in [1.82, 2.24) is 9.97 Å². The quantitative estimate of drug-likeness (QED) is 0.600. The molecule has 6 nitrogen and oxygen atoms in total. The third-order valence-electron chi connectivity index (χ3n) is 3.30. The highest BCUT2D eigenvalue weighted by molar-refractivity contribution is 7.16. The first-order chi connectivity index (χ1) is 11.8. The van der Waals surface area contributed by atoms with E-state index < -0.39 is 0 Å². The zero-order chi connectivity index (χ0) is 16.4. The van der Waals surface area contributed by atoms with Gasteiger partial charge >= 0.3 is 0 Å². The van der Waals surface area contributed by atoms with E-state index in [1.54, 1.807) is 36.4 Å². The Hall–Kier alpha value is -3.19. The number of hydrogen-bond donors (Lipinski definition) is 1. The van der Waals surface area contributed by atoms with Crippen LogP contribution < -0.4 is 10.1 Å². The first kappa shape index (κ1) is 14.4. The minimum absolute atomic E-state index is 0.260. The van der Waals surface area contributed by atoms with Gasteiger partial charge in [-0.3, -0.25) is 4.79 Å². The lowest BCUT2D eigenvalue weighted by Crippen LogP contribution is -2.10. The maximum Gasteiger partial charge on any atom is 0.291 e. The Bertz CT molecular complexity index is 978. The van der Waals surface area contributed by atoms with Crippen LogP contribution in [0.1, 0.15) is 10.6 Å². The van der Waals surface area contributed by atoms with Crippen LogP contribution in [0.2, 0.25) is 0 Å². The minimum Gasteiger partial charge on any atom is -0.459 e. The summed E-state index contributed by atoms with van der Waals surface area (Å²) in [7, 11) is 0. The van der Waals surface area contributed by atoms with Crippen molar-refractivity contribution in [1.29, 1.82) is 0 Å². The number of furan rings is 1. The molecule has 0 spiro atoms. The Morgan fingerprint density at radius 2 is 2.00 bits per heavy atom.